The van der Waals surface area contributed by atoms with Gasteiger partial charge in [0.25, 0.3) is 0 Å². The lowest BCUT2D eigenvalue weighted by atomic mass is 10.1. The number of carbonyl (C=O) groups excluding carboxylic acids is 1. The van der Waals surface area contributed by atoms with Crippen molar-refractivity contribution in [3.63, 3.8) is 0 Å². The molecule has 0 aliphatic rings. The Morgan fingerprint density at radius 1 is 1.21 bits per heavy atom. The minimum absolute atomic E-state index is 0.00604. The highest BCUT2D eigenvalue weighted by Crippen LogP contribution is 2.20. The molecule has 2 heterocycles. The molecule has 0 unspecified atom stereocenters. The monoisotopic (exact) mass is 322 g/mol. The molecule has 1 N–H and O–H groups in total. The predicted octanol–water partition coefficient (Wildman–Crippen LogP) is 3.46. The van der Waals surface area contributed by atoms with Gasteiger partial charge in [-0.15, -0.1) is 0 Å². The first-order valence-corrected chi connectivity index (χ1v) is 7.87. The fourth-order valence-electron chi connectivity index (χ4n) is 2.34. The maximum Gasteiger partial charge on any atom is 0.231 e. The van der Waals surface area contributed by atoms with Crippen LogP contribution < -0.4 is 5.32 Å². The zero-order valence-electron chi connectivity index (χ0n) is 13.4. The fraction of sp³-hybridized carbons (Fsp3) is 0.222. The number of rotatable bonds is 6. The van der Waals surface area contributed by atoms with E-state index in [2.05, 4.69) is 20.4 Å². The average molecular weight is 322 g/mol. The van der Waals surface area contributed by atoms with Crippen LogP contribution in [0.1, 0.15) is 31.2 Å². The third kappa shape index (κ3) is 3.84. The molecule has 3 aromatic rings. The van der Waals surface area contributed by atoms with Crippen LogP contribution in [-0.4, -0.2) is 21.0 Å². The molecule has 1 aromatic carbocycles. The second-order valence-electron chi connectivity index (χ2n) is 5.39. The van der Waals surface area contributed by atoms with E-state index in [1.165, 1.54) is 0 Å². The number of carbonyl (C=O) groups is 1. The molecule has 3 rings (SSSR count). The van der Waals surface area contributed by atoms with E-state index < -0.39 is 0 Å². The third-order valence-corrected chi connectivity index (χ3v) is 3.50. The van der Waals surface area contributed by atoms with Crippen molar-refractivity contribution in [2.24, 2.45) is 0 Å². The van der Waals surface area contributed by atoms with Crippen molar-refractivity contribution in [1.82, 2.24) is 15.1 Å². The number of nitrogens with one attached hydrogen (secondary N) is 1. The van der Waals surface area contributed by atoms with Gasteiger partial charge in [0.05, 0.1) is 6.42 Å². The van der Waals surface area contributed by atoms with Crippen LogP contribution in [0.2, 0.25) is 0 Å². The van der Waals surface area contributed by atoms with Crippen molar-refractivity contribution < 1.29 is 9.32 Å². The summed E-state index contributed by atoms with van der Waals surface area (Å²) in [5.41, 5.74) is 2.51. The van der Waals surface area contributed by atoms with Crippen LogP contribution in [-0.2, 0) is 11.2 Å². The average Bonchev–Trinajstić information content (AvgIpc) is 3.06. The zero-order chi connectivity index (χ0) is 16.8. The van der Waals surface area contributed by atoms with Crippen molar-refractivity contribution in [2.75, 3.05) is 5.32 Å². The van der Waals surface area contributed by atoms with Gasteiger partial charge in [0.2, 0.25) is 17.6 Å². The van der Waals surface area contributed by atoms with Crippen molar-refractivity contribution >= 4 is 11.6 Å². The van der Waals surface area contributed by atoms with Gasteiger partial charge in [-0.2, -0.15) is 4.98 Å². The van der Waals surface area contributed by atoms with E-state index in [4.69, 9.17) is 4.52 Å². The van der Waals surface area contributed by atoms with Crippen LogP contribution >= 0.6 is 0 Å². The van der Waals surface area contributed by atoms with E-state index in [-0.39, 0.29) is 5.91 Å². The maximum atomic E-state index is 11.8. The minimum Gasteiger partial charge on any atom is -0.339 e. The maximum absolute atomic E-state index is 11.8. The summed E-state index contributed by atoms with van der Waals surface area (Å²) in [6.45, 7) is 1.98. The molecular weight excluding hydrogens is 304 g/mol. The van der Waals surface area contributed by atoms with Gasteiger partial charge in [0, 0.05) is 30.1 Å². The van der Waals surface area contributed by atoms with Crippen LogP contribution in [0.3, 0.4) is 0 Å². The summed E-state index contributed by atoms with van der Waals surface area (Å²) in [6, 6.07) is 11.3. The molecule has 0 saturated carbocycles. The largest absolute Gasteiger partial charge is 0.339 e. The zero-order valence-corrected chi connectivity index (χ0v) is 13.4. The normalized spacial score (nSPS) is 10.5. The molecule has 2 aromatic heterocycles. The van der Waals surface area contributed by atoms with Crippen molar-refractivity contribution in [3.8, 4) is 11.4 Å². The fourth-order valence-corrected chi connectivity index (χ4v) is 2.34. The first-order valence-electron chi connectivity index (χ1n) is 7.87. The lowest BCUT2D eigenvalue weighted by Gasteiger charge is -2.09. The van der Waals surface area contributed by atoms with Crippen molar-refractivity contribution in [1.29, 1.82) is 0 Å². The minimum atomic E-state index is 0.00604. The van der Waals surface area contributed by atoms with E-state index in [0.29, 0.717) is 24.6 Å². The molecule has 122 valence electrons. The van der Waals surface area contributed by atoms with Crippen molar-refractivity contribution in [3.05, 3.63) is 60.2 Å². The summed E-state index contributed by atoms with van der Waals surface area (Å²) < 4.78 is 5.33. The first-order chi connectivity index (χ1) is 11.8. The van der Waals surface area contributed by atoms with E-state index in [9.17, 15) is 4.79 Å². The Morgan fingerprint density at radius 2 is 2.08 bits per heavy atom. The second kappa shape index (κ2) is 7.50. The van der Waals surface area contributed by atoms with Gasteiger partial charge >= 0.3 is 0 Å². The van der Waals surface area contributed by atoms with Crippen molar-refractivity contribution in [2.45, 2.75) is 26.2 Å². The van der Waals surface area contributed by atoms with Gasteiger partial charge in [-0.05, 0) is 30.2 Å². The molecule has 0 bridgehead atoms. The molecule has 6 heteroatoms. The van der Waals surface area contributed by atoms with Crippen LogP contribution in [0, 0.1) is 0 Å². The molecule has 1 amide bonds. The molecule has 6 nitrogen and oxygen atoms in total. The lowest BCUT2D eigenvalue weighted by Crippen LogP contribution is -2.12. The summed E-state index contributed by atoms with van der Waals surface area (Å²) >= 11 is 0. The quantitative estimate of drug-likeness (QED) is 0.751. The van der Waals surface area contributed by atoms with Gasteiger partial charge < -0.3 is 9.84 Å². The predicted molar refractivity (Wildman–Crippen MR) is 90.3 cm³/mol. The van der Waals surface area contributed by atoms with Crippen LogP contribution in [0.4, 0.5) is 5.69 Å². The highest BCUT2D eigenvalue weighted by molar-refractivity contribution is 5.91. The first kappa shape index (κ1) is 15.9. The molecule has 0 aliphatic heterocycles. The van der Waals surface area contributed by atoms with E-state index in [1.54, 1.807) is 12.4 Å². The molecule has 0 fully saturated rings. The summed E-state index contributed by atoms with van der Waals surface area (Å²) in [5.74, 6) is 1.00. The number of para-hydroxylation sites is 1. The van der Waals surface area contributed by atoms with Crippen LogP contribution in [0.25, 0.3) is 11.4 Å². The third-order valence-electron chi connectivity index (χ3n) is 3.50. The molecule has 0 spiro atoms. The molecule has 0 aliphatic carbocycles. The second-order valence-corrected chi connectivity index (χ2v) is 5.39. The van der Waals surface area contributed by atoms with Gasteiger partial charge in [-0.25, -0.2) is 0 Å². The number of hydrogen-bond donors (Lipinski definition) is 1. The number of benzene rings is 1. The van der Waals surface area contributed by atoms with Gasteiger partial charge in [-0.1, -0.05) is 30.3 Å². The summed E-state index contributed by atoms with van der Waals surface area (Å²) in [6.07, 6.45) is 5.15. The Morgan fingerprint density at radius 3 is 2.88 bits per heavy atom. The summed E-state index contributed by atoms with van der Waals surface area (Å²) in [4.78, 5) is 20.3. The smallest absolute Gasteiger partial charge is 0.231 e. The Balaban J connectivity index is 1.77. The Labute approximate surface area is 139 Å². The Bertz CT molecular complexity index is 815. The number of pyridine rings is 1. The molecule has 24 heavy (non-hydrogen) atoms. The number of amides is 1. The van der Waals surface area contributed by atoms with Crippen LogP contribution in [0.5, 0.6) is 0 Å². The van der Waals surface area contributed by atoms with Crippen LogP contribution in [0.15, 0.2) is 53.3 Å². The van der Waals surface area contributed by atoms with E-state index >= 15 is 0 Å². The number of anilines is 1. The lowest BCUT2D eigenvalue weighted by molar-refractivity contribution is -0.116. The summed E-state index contributed by atoms with van der Waals surface area (Å²) in [7, 11) is 0. The molecular formula is C18H18N4O2. The number of nitrogens with zero attached hydrogens (tertiary/aromatic N) is 3. The Hall–Kier alpha value is -3.02. The SMILES string of the molecule is CCCC(=O)Nc1ccccc1Cc1nc(-c2cccnc2)no1. The van der Waals surface area contributed by atoms with E-state index in [0.717, 1.165) is 23.2 Å². The highest BCUT2D eigenvalue weighted by Gasteiger charge is 2.12. The Kier molecular flexibility index (Phi) is 4.96. The van der Waals surface area contributed by atoms with Gasteiger partial charge in [0.15, 0.2) is 0 Å². The molecule has 0 radical (unpaired) electrons. The van der Waals surface area contributed by atoms with Gasteiger partial charge in [0.1, 0.15) is 0 Å². The molecule has 0 atom stereocenters. The standard InChI is InChI=1S/C18H18N4O2/c1-2-6-16(23)20-15-9-4-3-7-13(15)11-17-21-18(22-24-17)14-8-5-10-19-12-14/h3-5,7-10,12H,2,6,11H2,1H3,(H,20,23). The molecule has 0 saturated heterocycles. The highest BCUT2D eigenvalue weighted by atomic mass is 16.5. The number of aromatic nitrogens is 3. The topological polar surface area (TPSA) is 80.9 Å². The van der Waals surface area contributed by atoms with E-state index in [1.807, 2.05) is 43.3 Å². The summed E-state index contributed by atoms with van der Waals surface area (Å²) in [5, 5.41) is 6.92. The number of hydrogen-bond acceptors (Lipinski definition) is 5. The van der Waals surface area contributed by atoms with Gasteiger partial charge in [-0.3, -0.25) is 9.78 Å².